The van der Waals surface area contributed by atoms with E-state index in [-0.39, 0.29) is 30.4 Å². The molecule has 0 aliphatic carbocycles. The lowest BCUT2D eigenvalue weighted by atomic mass is 10.0. The van der Waals surface area contributed by atoms with Crippen LogP contribution in [-0.4, -0.2) is 28.4 Å². The van der Waals surface area contributed by atoms with Crippen LogP contribution in [-0.2, 0) is 4.79 Å². The Bertz CT molecular complexity index is 997. The summed E-state index contributed by atoms with van der Waals surface area (Å²) in [6, 6.07) is 16.0. The summed E-state index contributed by atoms with van der Waals surface area (Å²) in [7, 11) is 0. The van der Waals surface area contributed by atoms with Crippen molar-refractivity contribution in [3.05, 3.63) is 66.1 Å². The van der Waals surface area contributed by atoms with Gasteiger partial charge in [0.05, 0.1) is 6.61 Å². The Morgan fingerprint density at radius 2 is 1.74 bits per heavy atom. The van der Waals surface area contributed by atoms with Gasteiger partial charge in [-0.3, -0.25) is 9.59 Å². The molecule has 31 heavy (non-hydrogen) atoms. The van der Waals surface area contributed by atoms with E-state index in [0.29, 0.717) is 29.6 Å². The molecule has 2 aromatic carbocycles. The number of ketones is 1. The van der Waals surface area contributed by atoms with Gasteiger partial charge in [0.25, 0.3) is 0 Å². The molecule has 1 heterocycles. The van der Waals surface area contributed by atoms with Crippen molar-refractivity contribution in [1.29, 1.82) is 0 Å². The van der Waals surface area contributed by atoms with Crippen LogP contribution in [0.1, 0.15) is 55.9 Å². The molecule has 0 spiro atoms. The minimum atomic E-state index is -0.432. The monoisotopic (exact) mass is 421 g/mol. The van der Waals surface area contributed by atoms with Crippen LogP contribution in [0.3, 0.4) is 0 Å². The highest BCUT2D eigenvalue weighted by Crippen LogP contribution is 2.24. The van der Waals surface area contributed by atoms with Crippen LogP contribution >= 0.6 is 0 Å². The predicted octanol–water partition coefficient (Wildman–Crippen LogP) is 4.61. The molecule has 0 aliphatic heterocycles. The summed E-state index contributed by atoms with van der Waals surface area (Å²) in [5.74, 6) is 1.24. The molecule has 1 N–H and O–H groups in total. The molecular formula is C24H27N3O4. The number of Topliss-reactive ketones (excluding diaryl/α,β-unsaturated/α-hetero) is 1. The highest BCUT2D eigenvalue weighted by Gasteiger charge is 2.25. The normalized spacial score (nSPS) is 11.9. The number of nitrogens with zero attached hydrogens (tertiary/aromatic N) is 2. The molecule has 3 rings (SSSR count). The molecule has 7 nitrogen and oxygen atoms in total. The van der Waals surface area contributed by atoms with Gasteiger partial charge in [0.1, 0.15) is 11.8 Å². The topological polar surface area (TPSA) is 94.3 Å². The summed E-state index contributed by atoms with van der Waals surface area (Å²) < 4.78 is 10.8. The van der Waals surface area contributed by atoms with Gasteiger partial charge in [-0.15, -0.1) is 0 Å². The summed E-state index contributed by atoms with van der Waals surface area (Å²) >= 11 is 0. The molecule has 7 heteroatoms. The number of rotatable bonds is 10. The predicted molar refractivity (Wildman–Crippen MR) is 117 cm³/mol. The van der Waals surface area contributed by atoms with Crippen molar-refractivity contribution >= 4 is 11.7 Å². The van der Waals surface area contributed by atoms with Gasteiger partial charge in [-0.05, 0) is 37.1 Å². The Balaban J connectivity index is 1.58. The second-order valence-corrected chi connectivity index (χ2v) is 7.49. The Kier molecular flexibility index (Phi) is 7.54. The second-order valence-electron chi connectivity index (χ2n) is 7.49. The first kappa shape index (κ1) is 22.2. The van der Waals surface area contributed by atoms with Gasteiger partial charge in [0.2, 0.25) is 17.6 Å². The van der Waals surface area contributed by atoms with Crippen molar-refractivity contribution in [3.8, 4) is 17.1 Å². The van der Waals surface area contributed by atoms with E-state index in [2.05, 4.69) is 15.5 Å². The quantitative estimate of drug-likeness (QED) is 0.480. The van der Waals surface area contributed by atoms with E-state index in [1.54, 1.807) is 24.3 Å². The van der Waals surface area contributed by atoms with E-state index in [1.807, 2.05) is 51.1 Å². The zero-order valence-corrected chi connectivity index (χ0v) is 18.0. The summed E-state index contributed by atoms with van der Waals surface area (Å²) in [4.78, 5) is 29.4. The molecule has 0 aliphatic rings. The third kappa shape index (κ3) is 6.01. The number of nitrogens with one attached hydrogen (secondary N) is 1. The number of amides is 1. The maximum Gasteiger partial charge on any atom is 0.249 e. The molecule has 1 atom stereocenters. The largest absolute Gasteiger partial charge is 0.494 e. The number of hydrogen-bond donors (Lipinski definition) is 1. The summed E-state index contributed by atoms with van der Waals surface area (Å²) in [5.41, 5.74) is 1.40. The number of benzene rings is 2. The Morgan fingerprint density at radius 3 is 2.39 bits per heavy atom. The minimum Gasteiger partial charge on any atom is -0.494 e. The minimum absolute atomic E-state index is 0.0369. The number of carbonyl (C=O) groups is 2. The standard InChI is InChI=1S/C24H27N3O4/c1-4-30-19-12-10-17(11-13-19)20(28)14-15-21(29)25-22(16(2)3)24-26-23(27-31-24)18-8-6-5-7-9-18/h5-13,16,22H,4,14-15H2,1-3H3,(H,25,29)/t22-/m0/s1. The third-order valence-corrected chi connectivity index (χ3v) is 4.79. The van der Waals surface area contributed by atoms with Crippen LogP contribution in [0.15, 0.2) is 59.1 Å². The Labute approximate surface area is 181 Å². The fourth-order valence-electron chi connectivity index (χ4n) is 3.10. The summed E-state index contributed by atoms with van der Waals surface area (Å²) in [6.07, 6.45) is 0.193. The van der Waals surface area contributed by atoms with E-state index >= 15 is 0 Å². The first-order chi connectivity index (χ1) is 15.0. The van der Waals surface area contributed by atoms with Gasteiger partial charge in [0, 0.05) is 24.0 Å². The highest BCUT2D eigenvalue weighted by atomic mass is 16.5. The number of carbonyl (C=O) groups excluding carboxylic acids is 2. The number of hydrogen-bond acceptors (Lipinski definition) is 6. The summed E-state index contributed by atoms with van der Waals surface area (Å²) in [6.45, 7) is 6.39. The maximum atomic E-state index is 12.5. The SMILES string of the molecule is CCOc1ccc(C(=O)CCC(=O)N[C@H](c2nc(-c3ccccc3)no2)C(C)C)cc1. The average Bonchev–Trinajstić information content (AvgIpc) is 3.27. The number of aromatic nitrogens is 2. The maximum absolute atomic E-state index is 12.5. The van der Waals surface area contributed by atoms with Crippen LogP contribution in [0.4, 0.5) is 0 Å². The molecule has 0 unspecified atom stereocenters. The van der Waals surface area contributed by atoms with Gasteiger partial charge in [-0.1, -0.05) is 49.3 Å². The molecule has 0 radical (unpaired) electrons. The van der Waals surface area contributed by atoms with Crippen molar-refractivity contribution in [2.45, 2.75) is 39.7 Å². The third-order valence-electron chi connectivity index (χ3n) is 4.79. The summed E-state index contributed by atoms with van der Waals surface area (Å²) in [5, 5.41) is 6.95. The number of ether oxygens (including phenoxy) is 1. The van der Waals surface area contributed by atoms with Crippen LogP contribution in [0, 0.1) is 5.92 Å². The van der Waals surface area contributed by atoms with Gasteiger partial charge < -0.3 is 14.6 Å². The molecule has 3 aromatic rings. The van der Waals surface area contributed by atoms with E-state index in [4.69, 9.17) is 9.26 Å². The van der Waals surface area contributed by atoms with Crippen LogP contribution < -0.4 is 10.1 Å². The van der Waals surface area contributed by atoms with Crippen molar-refractivity contribution in [1.82, 2.24) is 15.5 Å². The molecule has 0 bridgehead atoms. The van der Waals surface area contributed by atoms with E-state index in [1.165, 1.54) is 0 Å². The van der Waals surface area contributed by atoms with Crippen LogP contribution in [0.25, 0.3) is 11.4 Å². The van der Waals surface area contributed by atoms with E-state index in [9.17, 15) is 9.59 Å². The lowest BCUT2D eigenvalue weighted by Gasteiger charge is -2.18. The van der Waals surface area contributed by atoms with Crippen molar-refractivity contribution in [2.75, 3.05) is 6.61 Å². The first-order valence-corrected chi connectivity index (χ1v) is 10.4. The van der Waals surface area contributed by atoms with Gasteiger partial charge in [0.15, 0.2) is 5.78 Å². The van der Waals surface area contributed by atoms with Crippen molar-refractivity contribution in [3.63, 3.8) is 0 Å². The Morgan fingerprint density at radius 1 is 1.03 bits per heavy atom. The van der Waals surface area contributed by atoms with Crippen LogP contribution in [0.5, 0.6) is 5.75 Å². The van der Waals surface area contributed by atoms with Crippen molar-refractivity contribution in [2.24, 2.45) is 5.92 Å². The molecule has 0 saturated carbocycles. The van der Waals surface area contributed by atoms with Gasteiger partial charge in [-0.2, -0.15) is 4.98 Å². The van der Waals surface area contributed by atoms with E-state index < -0.39 is 6.04 Å². The highest BCUT2D eigenvalue weighted by molar-refractivity contribution is 5.98. The zero-order chi connectivity index (χ0) is 22.2. The van der Waals surface area contributed by atoms with Gasteiger partial charge >= 0.3 is 0 Å². The fraction of sp³-hybridized carbons (Fsp3) is 0.333. The smallest absolute Gasteiger partial charge is 0.249 e. The first-order valence-electron chi connectivity index (χ1n) is 10.4. The van der Waals surface area contributed by atoms with Gasteiger partial charge in [-0.25, -0.2) is 0 Å². The Hall–Kier alpha value is -3.48. The van der Waals surface area contributed by atoms with Crippen LogP contribution in [0.2, 0.25) is 0 Å². The fourth-order valence-corrected chi connectivity index (χ4v) is 3.10. The lowest BCUT2D eigenvalue weighted by Crippen LogP contribution is -2.32. The molecule has 0 saturated heterocycles. The molecular weight excluding hydrogens is 394 g/mol. The lowest BCUT2D eigenvalue weighted by molar-refractivity contribution is -0.122. The van der Waals surface area contributed by atoms with Crippen molar-refractivity contribution < 1.29 is 18.8 Å². The molecule has 0 fully saturated rings. The van der Waals surface area contributed by atoms with E-state index in [0.717, 1.165) is 5.56 Å². The molecule has 1 aromatic heterocycles. The second kappa shape index (κ2) is 10.5. The molecule has 1 amide bonds. The average molecular weight is 421 g/mol. The zero-order valence-electron chi connectivity index (χ0n) is 18.0. The molecule has 162 valence electrons.